The number of para-hydroxylation sites is 1. The number of nitrogens with zero attached hydrogens (tertiary/aromatic N) is 3. The molecule has 0 radical (unpaired) electrons. The van der Waals surface area contributed by atoms with Crippen molar-refractivity contribution in [2.45, 2.75) is 38.6 Å². The number of halogens is 1. The van der Waals surface area contributed by atoms with E-state index in [-0.39, 0.29) is 11.5 Å². The normalized spacial score (nSPS) is 14.8. The molecule has 2 aromatic heterocycles. The number of nitrogens with one attached hydrogen (secondary N) is 1. The number of thiophene rings is 1. The van der Waals surface area contributed by atoms with Gasteiger partial charge in [0, 0.05) is 4.88 Å². The molecule has 1 aliphatic carbocycles. The minimum absolute atomic E-state index is 0.254. The number of rotatable bonds is 3. The molecule has 1 aromatic carbocycles. The maximum Gasteiger partial charge on any atom is 0.279 e. The molecular formula is C18H17ClN4O2S. The van der Waals surface area contributed by atoms with Crippen LogP contribution in [-0.4, -0.2) is 20.9 Å². The number of hydrogen-bond acceptors (Lipinski definition) is 5. The van der Waals surface area contributed by atoms with Crippen molar-refractivity contribution >= 4 is 44.7 Å². The van der Waals surface area contributed by atoms with E-state index in [1.54, 1.807) is 42.5 Å². The van der Waals surface area contributed by atoms with Crippen LogP contribution in [0.4, 0.5) is 5.69 Å². The number of fused-ring (bicyclic) bond motifs is 3. The third-order valence-corrected chi connectivity index (χ3v) is 6.19. The molecule has 134 valence electrons. The Morgan fingerprint density at radius 2 is 2.08 bits per heavy atom. The summed E-state index contributed by atoms with van der Waals surface area (Å²) in [4.78, 5) is 27.5. The number of carbonyl (C=O) groups excluding carboxylic acids is 1. The SMILES string of the molecule is CC(C(=O)Nc1ccccc1Cl)n1nnc2sc3c(c2c1=O)CCCC3. The second-order valence-electron chi connectivity index (χ2n) is 6.38. The molecule has 1 unspecified atom stereocenters. The summed E-state index contributed by atoms with van der Waals surface area (Å²) >= 11 is 7.63. The van der Waals surface area contributed by atoms with Gasteiger partial charge in [-0.25, -0.2) is 0 Å². The van der Waals surface area contributed by atoms with Gasteiger partial charge in [0.25, 0.3) is 5.56 Å². The molecule has 26 heavy (non-hydrogen) atoms. The molecule has 4 rings (SSSR count). The van der Waals surface area contributed by atoms with Crippen LogP contribution in [-0.2, 0) is 17.6 Å². The molecule has 0 saturated carbocycles. The number of hydrogen-bond donors (Lipinski definition) is 1. The van der Waals surface area contributed by atoms with E-state index in [1.165, 1.54) is 4.88 Å². The van der Waals surface area contributed by atoms with Crippen molar-refractivity contribution in [1.29, 1.82) is 0 Å². The van der Waals surface area contributed by atoms with Gasteiger partial charge in [0.2, 0.25) is 5.91 Å². The molecule has 0 saturated heterocycles. The van der Waals surface area contributed by atoms with E-state index in [4.69, 9.17) is 11.6 Å². The highest BCUT2D eigenvalue weighted by Gasteiger charge is 2.24. The van der Waals surface area contributed by atoms with E-state index in [0.29, 0.717) is 20.9 Å². The quantitative estimate of drug-likeness (QED) is 0.743. The van der Waals surface area contributed by atoms with Gasteiger partial charge < -0.3 is 5.32 Å². The monoisotopic (exact) mass is 388 g/mol. The highest BCUT2D eigenvalue weighted by molar-refractivity contribution is 7.18. The summed E-state index contributed by atoms with van der Waals surface area (Å²) in [5.41, 5.74) is 1.33. The second kappa shape index (κ2) is 6.81. The lowest BCUT2D eigenvalue weighted by molar-refractivity contribution is -0.119. The zero-order chi connectivity index (χ0) is 18.3. The predicted molar refractivity (Wildman–Crippen MR) is 103 cm³/mol. The standard InChI is InChI=1S/C18H17ClN4O2S/c1-10(16(24)20-13-8-4-3-7-12(13)19)23-18(25)15-11-6-2-5-9-14(11)26-17(15)21-22-23/h3-4,7-8,10H,2,5-6,9H2,1H3,(H,20,24). The number of aryl methyl sites for hydroxylation is 2. The molecule has 0 bridgehead atoms. The molecule has 0 aliphatic heterocycles. The average Bonchev–Trinajstić information content (AvgIpc) is 3.02. The van der Waals surface area contributed by atoms with Crippen molar-refractivity contribution < 1.29 is 4.79 Å². The van der Waals surface area contributed by atoms with E-state index < -0.39 is 6.04 Å². The third kappa shape index (κ3) is 2.91. The van der Waals surface area contributed by atoms with E-state index in [2.05, 4.69) is 15.6 Å². The van der Waals surface area contributed by atoms with Crippen LogP contribution in [0.2, 0.25) is 5.02 Å². The van der Waals surface area contributed by atoms with Crippen LogP contribution in [0.1, 0.15) is 36.2 Å². The van der Waals surface area contributed by atoms with Crippen LogP contribution in [0.25, 0.3) is 10.2 Å². The molecule has 0 fully saturated rings. The summed E-state index contributed by atoms with van der Waals surface area (Å²) in [6.45, 7) is 1.63. The molecule has 0 spiro atoms. The predicted octanol–water partition coefficient (Wildman–Crippen LogP) is 3.58. The van der Waals surface area contributed by atoms with Crippen molar-refractivity contribution in [1.82, 2.24) is 15.0 Å². The van der Waals surface area contributed by atoms with E-state index in [0.717, 1.165) is 35.9 Å². The van der Waals surface area contributed by atoms with Crippen molar-refractivity contribution in [3.05, 3.63) is 50.1 Å². The van der Waals surface area contributed by atoms with Crippen LogP contribution < -0.4 is 10.9 Å². The fourth-order valence-corrected chi connectivity index (χ4v) is 4.63. The third-order valence-electron chi connectivity index (χ3n) is 4.68. The summed E-state index contributed by atoms with van der Waals surface area (Å²) < 4.78 is 1.16. The van der Waals surface area contributed by atoms with Gasteiger partial charge in [-0.1, -0.05) is 28.9 Å². The topological polar surface area (TPSA) is 76.9 Å². The summed E-state index contributed by atoms with van der Waals surface area (Å²) in [6, 6.07) is 6.17. The van der Waals surface area contributed by atoms with E-state index in [9.17, 15) is 9.59 Å². The lowest BCUT2D eigenvalue weighted by Crippen LogP contribution is -2.34. The van der Waals surface area contributed by atoms with Crippen LogP contribution in [0.3, 0.4) is 0 Å². The fourth-order valence-electron chi connectivity index (χ4n) is 3.25. The molecule has 1 N–H and O–H groups in total. The molecule has 2 heterocycles. The Hall–Kier alpha value is -2.25. The Balaban J connectivity index is 1.70. The molecule has 3 aromatic rings. The average molecular weight is 389 g/mol. The highest BCUT2D eigenvalue weighted by atomic mass is 35.5. The van der Waals surface area contributed by atoms with Gasteiger partial charge in [-0.3, -0.25) is 9.59 Å². The fraction of sp³-hybridized carbons (Fsp3) is 0.333. The van der Waals surface area contributed by atoms with Crippen molar-refractivity contribution in [3.8, 4) is 0 Å². The van der Waals surface area contributed by atoms with Crippen molar-refractivity contribution in [2.75, 3.05) is 5.32 Å². The highest BCUT2D eigenvalue weighted by Crippen LogP contribution is 2.33. The first kappa shape index (κ1) is 17.2. The minimum Gasteiger partial charge on any atom is -0.323 e. The first-order valence-corrected chi connectivity index (χ1v) is 9.71. The number of carbonyl (C=O) groups is 1. The molecule has 1 amide bonds. The molecule has 1 aliphatic rings. The minimum atomic E-state index is -0.796. The maximum atomic E-state index is 13.0. The Labute approximate surface area is 158 Å². The number of benzene rings is 1. The van der Waals surface area contributed by atoms with Gasteiger partial charge in [0.05, 0.1) is 16.1 Å². The maximum absolute atomic E-state index is 13.0. The first-order valence-electron chi connectivity index (χ1n) is 8.51. The van der Waals surface area contributed by atoms with Gasteiger partial charge >= 0.3 is 0 Å². The van der Waals surface area contributed by atoms with Crippen LogP contribution in [0, 0.1) is 0 Å². The number of anilines is 1. The van der Waals surface area contributed by atoms with Gasteiger partial charge in [-0.15, -0.1) is 16.4 Å². The van der Waals surface area contributed by atoms with Crippen LogP contribution >= 0.6 is 22.9 Å². The molecule has 1 atom stereocenters. The van der Waals surface area contributed by atoms with Crippen LogP contribution in [0.5, 0.6) is 0 Å². The number of aromatic nitrogens is 3. The summed E-state index contributed by atoms with van der Waals surface area (Å²) in [5.74, 6) is -0.363. The van der Waals surface area contributed by atoms with Gasteiger partial charge in [-0.2, -0.15) is 4.68 Å². The summed E-state index contributed by atoms with van der Waals surface area (Å²) in [5, 5.41) is 12.0. The summed E-state index contributed by atoms with van der Waals surface area (Å²) in [6.07, 6.45) is 4.08. The Morgan fingerprint density at radius 1 is 1.31 bits per heavy atom. The zero-order valence-electron chi connectivity index (χ0n) is 14.2. The van der Waals surface area contributed by atoms with Crippen molar-refractivity contribution in [2.24, 2.45) is 0 Å². The largest absolute Gasteiger partial charge is 0.323 e. The van der Waals surface area contributed by atoms with E-state index in [1.807, 2.05) is 0 Å². The van der Waals surface area contributed by atoms with Gasteiger partial charge in [0.15, 0.2) is 4.83 Å². The number of amides is 1. The van der Waals surface area contributed by atoms with Gasteiger partial charge in [0.1, 0.15) is 6.04 Å². The Morgan fingerprint density at radius 3 is 2.88 bits per heavy atom. The van der Waals surface area contributed by atoms with Gasteiger partial charge in [-0.05, 0) is 50.3 Å². The Bertz CT molecular complexity index is 1060. The first-order chi connectivity index (χ1) is 12.6. The smallest absolute Gasteiger partial charge is 0.279 e. The molecular weight excluding hydrogens is 372 g/mol. The van der Waals surface area contributed by atoms with Crippen molar-refractivity contribution in [3.63, 3.8) is 0 Å². The second-order valence-corrected chi connectivity index (χ2v) is 7.87. The molecule has 8 heteroatoms. The van der Waals surface area contributed by atoms with E-state index >= 15 is 0 Å². The summed E-state index contributed by atoms with van der Waals surface area (Å²) in [7, 11) is 0. The zero-order valence-corrected chi connectivity index (χ0v) is 15.7. The van der Waals surface area contributed by atoms with Crippen LogP contribution in [0.15, 0.2) is 29.1 Å². The lowest BCUT2D eigenvalue weighted by atomic mass is 9.97. The lowest BCUT2D eigenvalue weighted by Gasteiger charge is -2.14. The Kier molecular flexibility index (Phi) is 4.50. The molecule has 6 nitrogen and oxygen atoms in total.